The molecule has 0 saturated carbocycles. The van der Waals surface area contributed by atoms with Gasteiger partial charge in [0.2, 0.25) is 5.91 Å². The summed E-state index contributed by atoms with van der Waals surface area (Å²) in [5.41, 5.74) is 2.89. The fourth-order valence-corrected chi connectivity index (χ4v) is 3.08. The summed E-state index contributed by atoms with van der Waals surface area (Å²) in [7, 11) is 0. The van der Waals surface area contributed by atoms with Crippen LogP contribution in [0, 0.1) is 0 Å². The van der Waals surface area contributed by atoms with E-state index in [1.165, 1.54) is 5.69 Å². The molecule has 1 aliphatic heterocycles. The second kappa shape index (κ2) is 10.5. The number of amides is 2. The molecule has 0 aliphatic carbocycles. The lowest BCUT2D eigenvalue weighted by Crippen LogP contribution is -2.36. The third-order valence-electron chi connectivity index (χ3n) is 4.70. The second-order valence-corrected chi connectivity index (χ2v) is 6.77. The van der Waals surface area contributed by atoms with Gasteiger partial charge in [0.1, 0.15) is 0 Å². The number of rotatable bonds is 8. The number of nitrogens with zero attached hydrogens (tertiary/aromatic N) is 1. The monoisotopic (exact) mass is 381 g/mol. The van der Waals surface area contributed by atoms with Crippen LogP contribution in [0.15, 0.2) is 54.6 Å². The van der Waals surface area contributed by atoms with E-state index in [0.717, 1.165) is 31.9 Å². The maximum Gasteiger partial charge on any atom is 0.251 e. The van der Waals surface area contributed by atoms with Crippen molar-refractivity contribution in [2.24, 2.45) is 0 Å². The molecule has 0 atom stereocenters. The van der Waals surface area contributed by atoms with Crippen molar-refractivity contribution in [1.29, 1.82) is 0 Å². The summed E-state index contributed by atoms with van der Waals surface area (Å²) in [5.74, 6) is -0.118. The van der Waals surface area contributed by atoms with Gasteiger partial charge in [-0.05, 0) is 36.2 Å². The largest absolute Gasteiger partial charge is 0.378 e. The average molecular weight is 381 g/mol. The highest BCUT2D eigenvalue weighted by Gasteiger charge is 2.11. The molecular weight excluding hydrogens is 354 g/mol. The molecule has 6 heteroatoms. The van der Waals surface area contributed by atoms with Gasteiger partial charge in [-0.15, -0.1) is 0 Å². The number of hydrogen-bond donors (Lipinski definition) is 2. The van der Waals surface area contributed by atoms with E-state index in [1.54, 1.807) is 12.1 Å². The van der Waals surface area contributed by atoms with Crippen LogP contribution in [0.4, 0.5) is 5.69 Å². The van der Waals surface area contributed by atoms with Gasteiger partial charge in [-0.1, -0.05) is 30.3 Å². The number of carbonyl (C=O) groups is 2. The number of anilines is 1. The summed E-state index contributed by atoms with van der Waals surface area (Å²) in [6.45, 7) is 4.36. The van der Waals surface area contributed by atoms with Gasteiger partial charge in [-0.2, -0.15) is 0 Å². The molecule has 0 bridgehead atoms. The second-order valence-electron chi connectivity index (χ2n) is 6.77. The molecule has 2 amide bonds. The van der Waals surface area contributed by atoms with Crippen molar-refractivity contribution in [1.82, 2.24) is 10.6 Å². The zero-order valence-electron chi connectivity index (χ0n) is 16.0. The minimum Gasteiger partial charge on any atom is -0.378 e. The Labute approximate surface area is 165 Å². The summed E-state index contributed by atoms with van der Waals surface area (Å²) >= 11 is 0. The molecular formula is C22H27N3O3. The minimum atomic E-state index is -0.110. The summed E-state index contributed by atoms with van der Waals surface area (Å²) in [4.78, 5) is 26.2. The van der Waals surface area contributed by atoms with E-state index >= 15 is 0 Å². The number of carbonyl (C=O) groups excluding carboxylic acids is 2. The van der Waals surface area contributed by atoms with E-state index in [1.807, 2.05) is 30.3 Å². The standard InChI is InChI=1S/C22H27N3O3/c26-21(7-4-12-23-22(27)19-5-2-1-3-6-19)24-17-18-8-10-20(11-9-18)25-13-15-28-16-14-25/h1-3,5-6,8-11H,4,7,12-17H2,(H,23,27)(H,24,26). The van der Waals surface area contributed by atoms with E-state index < -0.39 is 0 Å². The fraction of sp³-hybridized carbons (Fsp3) is 0.364. The molecule has 2 aromatic rings. The molecule has 0 aromatic heterocycles. The van der Waals surface area contributed by atoms with Crippen molar-refractivity contribution in [3.63, 3.8) is 0 Å². The highest BCUT2D eigenvalue weighted by molar-refractivity contribution is 5.94. The number of nitrogens with one attached hydrogen (secondary N) is 2. The zero-order valence-corrected chi connectivity index (χ0v) is 16.0. The van der Waals surface area contributed by atoms with Gasteiger partial charge in [-0.3, -0.25) is 9.59 Å². The van der Waals surface area contributed by atoms with Gasteiger partial charge in [0.05, 0.1) is 13.2 Å². The Kier molecular flexibility index (Phi) is 7.44. The van der Waals surface area contributed by atoms with E-state index in [9.17, 15) is 9.59 Å². The van der Waals surface area contributed by atoms with Gasteiger partial charge in [0.25, 0.3) is 5.91 Å². The van der Waals surface area contributed by atoms with E-state index in [2.05, 4.69) is 27.7 Å². The van der Waals surface area contributed by atoms with E-state index in [0.29, 0.717) is 31.5 Å². The Balaban J connectivity index is 1.32. The van der Waals surface area contributed by atoms with Crippen LogP contribution in [-0.2, 0) is 16.1 Å². The van der Waals surface area contributed by atoms with Crippen molar-refractivity contribution in [3.05, 3.63) is 65.7 Å². The Morgan fingerprint density at radius 3 is 2.36 bits per heavy atom. The Bertz CT molecular complexity index is 756. The summed E-state index contributed by atoms with van der Waals surface area (Å²) < 4.78 is 5.37. The van der Waals surface area contributed by atoms with E-state index in [-0.39, 0.29) is 11.8 Å². The van der Waals surface area contributed by atoms with Crippen LogP contribution < -0.4 is 15.5 Å². The number of morpholine rings is 1. The molecule has 1 saturated heterocycles. The van der Waals surface area contributed by atoms with Gasteiger partial charge >= 0.3 is 0 Å². The highest BCUT2D eigenvalue weighted by atomic mass is 16.5. The average Bonchev–Trinajstić information content (AvgIpc) is 2.76. The predicted molar refractivity (Wildman–Crippen MR) is 109 cm³/mol. The molecule has 2 aromatic carbocycles. The Hall–Kier alpha value is -2.86. The topological polar surface area (TPSA) is 70.7 Å². The van der Waals surface area contributed by atoms with Gasteiger partial charge in [0, 0.05) is 43.9 Å². The Morgan fingerprint density at radius 2 is 1.64 bits per heavy atom. The minimum absolute atomic E-state index is 0.00813. The van der Waals surface area contributed by atoms with Crippen LogP contribution in [0.5, 0.6) is 0 Å². The van der Waals surface area contributed by atoms with Gasteiger partial charge in [0.15, 0.2) is 0 Å². The first-order valence-electron chi connectivity index (χ1n) is 9.74. The van der Waals surface area contributed by atoms with Crippen molar-refractivity contribution in [2.75, 3.05) is 37.7 Å². The lowest BCUT2D eigenvalue weighted by Gasteiger charge is -2.28. The van der Waals surface area contributed by atoms with Crippen LogP contribution in [0.3, 0.4) is 0 Å². The molecule has 2 N–H and O–H groups in total. The molecule has 1 heterocycles. The lowest BCUT2D eigenvalue weighted by atomic mass is 10.2. The first kappa shape index (κ1) is 19.9. The molecule has 0 unspecified atom stereocenters. The van der Waals surface area contributed by atoms with Crippen molar-refractivity contribution in [2.45, 2.75) is 19.4 Å². The fourth-order valence-electron chi connectivity index (χ4n) is 3.08. The highest BCUT2D eigenvalue weighted by Crippen LogP contribution is 2.16. The lowest BCUT2D eigenvalue weighted by molar-refractivity contribution is -0.121. The summed E-state index contributed by atoms with van der Waals surface area (Å²) in [6.07, 6.45) is 1.00. The molecule has 3 rings (SSSR count). The number of hydrogen-bond acceptors (Lipinski definition) is 4. The molecule has 1 aliphatic rings. The smallest absolute Gasteiger partial charge is 0.251 e. The van der Waals surface area contributed by atoms with Crippen LogP contribution in [-0.4, -0.2) is 44.7 Å². The van der Waals surface area contributed by atoms with Crippen LogP contribution >= 0.6 is 0 Å². The quantitative estimate of drug-likeness (QED) is 0.689. The van der Waals surface area contributed by atoms with Crippen molar-refractivity contribution in [3.8, 4) is 0 Å². The van der Waals surface area contributed by atoms with Crippen LogP contribution in [0.25, 0.3) is 0 Å². The zero-order chi connectivity index (χ0) is 19.6. The summed E-state index contributed by atoms with van der Waals surface area (Å²) in [5, 5.41) is 5.77. The van der Waals surface area contributed by atoms with E-state index in [4.69, 9.17) is 4.74 Å². The molecule has 148 valence electrons. The third-order valence-corrected chi connectivity index (χ3v) is 4.70. The first-order chi connectivity index (χ1) is 13.7. The normalized spacial score (nSPS) is 13.8. The van der Waals surface area contributed by atoms with Crippen LogP contribution in [0.1, 0.15) is 28.8 Å². The van der Waals surface area contributed by atoms with Gasteiger partial charge in [-0.25, -0.2) is 0 Å². The summed E-state index contributed by atoms with van der Waals surface area (Å²) in [6, 6.07) is 17.3. The molecule has 1 fully saturated rings. The number of benzene rings is 2. The first-order valence-corrected chi connectivity index (χ1v) is 9.74. The SMILES string of the molecule is O=C(CCCNC(=O)c1ccccc1)NCc1ccc(N2CCOCC2)cc1. The molecule has 0 spiro atoms. The van der Waals surface area contributed by atoms with Gasteiger partial charge < -0.3 is 20.3 Å². The Morgan fingerprint density at radius 1 is 0.929 bits per heavy atom. The maximum absolute atomic E-state index is 12.0. The molecule has 28 heavy (non-hydrogen) atoms. The van der Waals surface area contributed by atoms with Crippen LogP contribution in [0.2, 0.25) is 0 Å². The predicted octanol–water partition coefficient (Wildman–Crippen LogP) is 2.35. The third kappa shape index (κ3) is 6.09. The molecule has 6 nitrogen and oxygen atoms in total. The van der Waals surface area contributed by atoms with Crippen molar-refractivity contribution >= 4 is 17.5 Å². The molecule has 0 radical (unpaired) electrons. The van der Waals surface area contributed by atoms with Crippen molar-refractivity contribution < 1.29 is 14.3 Å². The maximum atomic E-state index is 12.0. The number of ether oxygens (including phenoxy) is 1.